The largest absolute Gasteiger partial charge is 0.356 e. The van der Waals surface area contributed by atoms with E-state index in [-0.39, 0.29) is 0 Å². The Morgan fingerprint density at radius 1 is 1.23 bits per heavy atom. The number of pyridine rings is 1. The Morgan fingerprint density at radius 3 is 2.50 bits per heavy atom. The van der Waals surface area contributed by atoms with Gasteiger partial charge in [-0.15, -0.1) is 0 Å². The summed E-state index contributed by atoms with van der Waals surface area (Å²) in [5.41, 5.74) is 8.87. The number of nitrogens with zero attached hydrogens (tertiary/aromatic N) is 5. The molecule has 0 aliphatic carbocycles. The van der Waals surface area contributed by atoms with Gasteiger partial charge in [0.05, 0.1) is 6.67 Å². The van der Waals surface area contributed by atoms with Crippen LogP contribution in [0, 0.1) is 13.8 Å². The lowest BCUT2D eigenvalue weighted by Gasteiger charge is -2.36. The first-order valence-electron chi connectivity index (χ1n) is 7.97. The van der Waals surface area contributed by atoms with Crippen LogP contribution in [0.2, 0.25) is 0 Å². The average molecular weight is 302 g/mol. The zero-order chi connectivity index (χ0) is 15.9. The standard InChI is InChI=1S/C16H26N6/c1-11-9-14-16(22(10-17)12(2)18-14)19-15(11)21-7-5-13(6-8-21)20(3)4/h9,13H,5-8,10,17H2,1-4H3. The third-order valence-electron chi connectivity index (χ3n) is 4.75. The van der Waals surface area contributed by atoms with Gasteiger partial charge in [-0.1, -0.05) is 0 Å². The van der Waals surface area contributed by atoms with Gasteiger partial charge in [0.25, 0.3) is 0 Å². The summed E-state index contributed by atoms with van der Waals surface area (Å²) in [6, 6.07) is 2.81. The molecule has 1 fully saturated rings. The molecule has 120 valence electrons. The van der Waals surface area contributed by atoms with Crippen LogP contribution in [0.5, 0.6) is 0 Å². The molecule has 1 aliphatic rings. The van der Waals surface area contributed by atoms with Crippen molar-refractivity contribution >= 4 is 17.0 Å². The number of aromatic nitrogens is 3. The number of piperidine rings is 1. The van der Waals surface area contributed by atoms with E-state index < -0.39 is 0 Å². The number of imidazole rings is 1. The Labute approximate surface area is 131 Å². The third-order valence-corrected chi connectivity index (χ3v) is 4.75. The highest BCUT2D eigenvalue weighted by Gasteiger charge is 2.23. The maximum Gasteiger partial charge on any atom is 0.163 e. The quantitative estimate of drug-likeness (QED) is 0.931. The molecule has 2 aromatic heterocycles. The number of fused-ring (bicyclic) bond motifs is 1. The van der Waals surface area contributed by atoms with Crippen LogP contribution in [0.15, 0.2) is 6.07 Å². The van der Waals surface area contributed by atoms with Gasteiger partial charge in [-0.2, -0.15) is 0 Å². The normalized spacial score (nSPS) is 16.9. The number of anilines is 1. The molecule has 6 heteroatoms. The van der Waals surface area contributed by atoms with Crippen LogP contribution in [0.25, 0.3) is 11.2 Å². The Kier molecular flexibility index (Phi) is 4.06. The first-order chi connectivity index (χ1) is 10.5. The molecule has 0 amide bonds. The molecule has 3 heterocycles. The highest BCUT2D eigenvalue weighted by atomic mass is 15.2. The van der Waals surface area contributed by atoms with Crippen molar-refractivity contribution in [2.75, 3.05) is 32.1 Å². The molecule has 1 saturated heterocycles. The molecule has 0 unspecified atom stereocenters. The van der Waals surface area contributed by atoms with Crippen molar-refractivity contribution in [3.63, 3.8) is 0 Å². The molecule has 22 heavy (non-hydrogen) atoms. The molecule has 0 saturated carbocycles. The first-order valence-corrected chi connectivity index (χ1v) is 7.97. The maximum absolute atomic E-state index is 5.84. The molecule has 0 bridgehead atoms. The van der Waals surface area contributed by atoms with E-state index in [0.717, 1.165) is 35.9 Å². The Hall–Kier alpha value is -1.66. The monoisotopic (exact) mass is 302 g/mol. The minimum atomic E-state index is 0.417. The summed E-state index contributed by atoms with van der Waals surface area (Å²) in [5, 5.41) is 0. The van der Waals surface area contributed by atoms with E-state index in [9.17, 15) is 0 Å². The van der Waals surface area contributed by atoms with Crippen molar-refractivity contribution in [1.29, 1.82) is 0 Å². The predicted octanol–water partition coefficient (Wildman–Crippen LogP) is 1.49. The van der Waals surface area contributed by atoms with Crippen LogP contribution in [0.1, 0.15) is 24.2 Å². The molecular formula is C16H26N6. The van der Waals surface area contributed by atoms with Crippen LogP contribution in [-0.4, -0.2) is 52.7 Å². The minimum Gasteiger partial charge on any atom is -0.356 e. The number of nitrogens with two attached hydrogens (primary N) is 1. The topological polar surface area (TPSA) is 63.2 Å². The number of aryl methyl sites for hydroxylation is 2. The molecule has 0 aromatic carbocycles. The van der Waals surface area contributed by atoms with Crippen LogP contribution < -0.4 is 10.6 Å². The molecule has 6 nitrogen and oxygen atoms in total. The van der Waals surface area contributed by atoms with Crippen LogP contribution in [-0.2, 0) is 6.67 Å². The average Bonchev–Trinajstić information content (AvgIpc) is 2.80. The molecule has 2 aromatic rings. The van der Waals surface area contributed by atoms with Crippen molar-refractivity contribution in [2.45, 2.75) is 39.4 Å². The van der Waals surface area contributed by atoms with Crippen molar-refractivity contribution in [1.82, 2.24) is 19.4 Å². The van der Waals surface area contributed by atoms with Gasteiger partial charge in [-0.25, -0.2) is 9.97 Å². The molecule has 1 aliphatic heterocycles. The zero-order valence-corrected chi connectivity index (χ0v) is 14.0. The first kappa shape index (κ1) is 15.2. The molecule has 0 spiro atoms. The summed E-state index contributed by atoms with van der Waals surface area (Å²) < 4.78 is 1.98. The summed E-state index contributed by atoms with van der Waals surface area (Å²) >= 11 is 0. The lowest BCUT2D eigenvalue weighted by molar-refractivity contribution is 0.249. The van der Waals surface area contributed by atoms with Crippen molar-refractivity contribution in [3.05, 3.63) is 17.5 Å². The van der Waals surface area contributed by atoms with E-state index in [2.05, 4.69) is 41.9 Å². The van der Waals surface area contributed by atoms with E-state index in [1.807, 2.05) is 11.5 Å². The van der Waals surface area contributed by atoms with E-state index in [1.165, 1.54) is 18.4 Å². The Bertz CT molecular complexity index is 667. The van der Waals surface area contributed by atoms with Crippen molar-refractivity contribution in [2.24, 2.45) is 5.73 Å². The van der Waals surface area contributed by atoms with Crippen LogP contribution >= 0.6 is 0 Å². The van der Waals surface area contributed by atoms with E-state index in [1.54, 1.807) is 0 Å². The van der Waals surface area contributed by atoms with Crippen molar-refractivity contribution < 1.29 is 0 Å². The third kappa shape index (κ3) is 2.57. The SMILES string of the molecule is Cc1cc2nc(C)n(CN)c2nc1N1CCC(N(C)C)CC1. The second-order valence-electron chi connectivity index (χ2n) is 6.42. The molecule has 3 rings (SSSR count). The van der Waals surface area contributed by atoms with Gasteiger partial charge in [-0.3, -0.25) is 4.57 Å². The minimum absolute atomic E-state index is 0.417. The van der Waals surface area contributed by atoms with Crippen LogP contribution in [0.3, 0.4) is 0 Å². The summed E-state index contributed by atoms with van der Waals surface area (Å²) in [4.78, 5) is 14.2. The summed E-state index contributed by atoms with van der Waals surface area (Å²) in [6.07, 6.45) is 2.36. The maximum atomic E-state index is 5.84. The fraction of sp³-hybridized carbons (Fsp3) is 0.625. The molecule has 0 radical (unpaired) electrons. The van der Waals surface area contributed by atoms with Crippen LogP contribution in [0.4, 0.5) is 5.82 Å². The fourth-order valence-corrected chi connectivity index (χ4v) is 3.38. The van der Waals surface area contributed by atoms with E-state index >= 15 is 0 Å². The zero-order valence-electron chi connectivity index (χ0n) is 14.0. The van der Waals surface area contributed by atoms with Gasteiger partial charge in [0, 0.05) is 19.1 Å². The van der Waals surface area contributed by atoms with Gasteiger partial charge in [0.2, 0.25) is 0 Å². The number of hydrogen-bond acceptors (Lipinski definition) is 5. The summed E-state index contributed by atoms with van der Waals surface area (Å²) in [6.45, 7) is 6.62. The highest BCUT2D eigenvalue weighted by Crippen LogP contribution is 2.26. The smallest absolute Gasteiger partial charge is 0.163 e. The fourth-order valence-electron chi connectivity index (χ4n) is 3.38. The summed E-state index contributed by atoms with van der Waals surface area (Å²) in [7, 11) is 4.33. The predicted molar refractivity (Wildman–Crippen MR) is 90.1 cm³/mol. The van der Waals surface area contributed by atoms with Gasteiger partial charge < -0.3 is 15.5 Å². The second-order valence-corrected chi connectivity index (χ2v) is 6.42. The van der Waals surface area contributed by atoms with Gasteiger partial charge in [0.1, 0.15) is 17.2 Å². The van der Waals surface area contributed by atoms with E-state index in [0.29, 0.717) is 12.7 Å². The summed E-state index contributed by atoms with van der Waals surface area (Å²) in [5.74, 6) is 2.01. The number of rotatable bonds is 3. The van der Waals surface area contributed by atoms with E-state index in [4.69, 9.17) is 10.7 Å². The second kappa shape index (κ2) is 5.85. The number of hydrogen-bond donors (Lipinski definition) is 1. The highest BCUT2D eigenvalue weighted by molar-refractivity contribution is 5.76. The van der Waals surface area contributed by atoms with Crippen molar-refractivity contribution in [3.8, 4) is 0 Å². The molecule has 0 atom stereocenters. The lowest BCUT2D eigenvalue weighted by atomic mass is 10.0. The van der Waals surface area contributed by atoms with Gasteiger partial charge in [-0.05, 0) is 52.4 Å². The lowest BCUT2D eigenvalue weighted by Crippen LogP contribution is -2.42. The molecular weight excluding hydrogens is 276 g/mol. The van der Waals surface area contributed by atoms with Gasteiger partial charge >= 0.3 is 0 Å². The Morgan fingerprint density at radius 2 is 1.91 bits per heavy atom. The Balaban J connectivity index is 1.92. The van der Waals surface area contributed by atoms with Gasteiger partial charge in [0.15, 0.2) is 5.65 Å². The molecule has 2 N–H and O–H groups in total.